The Morgan fingerprint density at radius 1 is 1.73 bits per heavy atom. The van der Waals surface area contributed by atoms with Gasteiger partial charge in [0.2, 0.25) is 0 Å². The van der Waals surface area contributed by atoms with E-state index in [0.29, 0.717) is 11.7 Å². The molecule has 1 aromatic heterocycles. The molecule has 5 nitrogen and oxygen atoms in total. The molecule has 1 atom stereocenters. The lowest BCUT2D eigenvalue weighted by Gasteiger charge is -2.23. The van der Waals surface area contributed by atoms with Gasteiger partial charge in [0, 0.05) is 17.8 Å². The number of hydrogen-bond donors (Lipinski definition) is 3. The van der Waals surface area contributed by atoms with E-state index in [-0.39, 0.29) is 6.42 Å². The molecule has 1 aromatic rings. The third kappa shape index (κ3) is 2.18. The molecule has 0 aromatic carbocycles. The molecule has 82 valence electrons. The minimum atomic E-state index is -0.899. The zero-order valence-electron chi connectivity index (χ0n) is 8.44. The van der Waals surface area contributed by atoms with Crippen LogP contribution in [-0.4, -0.2) is 21.0 Å². The van der Waals surface area contributed by atoms with Gasteiger partial charge in [0.25, 0.3) is 0 Å². The first-order valence-electron chi connectivity index (χ1n) is 5.19. The Labute approximate surface area is 87.7 Å². The summed E-state index contributed by atoms with van der Waals surface area (Å²) in [5.74, 6) is 0.256. The van der Waals surface area contributed by atoms with Crippen LogP contribution in [0.3, 0.4) is 0 Å². The molecule has 1 saturated carbocycles. The minimum Gasteiger partial charge on any atom is -0.481 e. The molecule has 1 aliphatic carbocycles. The van der Waals surface area contributed by atoms with Crippen LogP contribution in [0.2, 0.25) is 0 Å². The van der Waals surface area contributed by atoms with Crippen molar-refractivity contribution in [2.45, 2.75) is 37.6 Å². The third-order valence-corrected chi connectivity index (χ3v) is 2.91. The Balaban J connectivity index is 2.02. The number of aliphatic carboxylic acids is 1. The van der Waals surface area contributed by atoms with Crippen molar-refractivity contribution in [2.75, 3.05) is 0 Å². The van der Waals surface area contributed by atoms with Crippen molar-refractivity contribution in [3.05, 3.63) is 17.7 Å². The summed E-state index contributed by atoms with van der Waals surface area (Å²) in [5, 5.41) is 8.60. The van der Waals surface area contributed by atoms with Crippen LogP contribution in [0.25, 0.3) is 0 Å². The van der Waals surface area contributed by atoms with Gasteiger partial charge in [-0.1, -0.05) is 6.42 Å². The molecule has 0 radical (unpaired) electrons. The Bertz CT molecular complexity index is 357. The van der Waals surface area contributed by atoms with Crippen LogP contribution >= 0.6 is 0 Å². The van der Waals surface area contributed by atoms with E-state index in [0.717, 1.165) is 5.69 Å². The zero-order valence-corrected chi connectivity index (χ0v) is 8.44. The van der Waals surface area contributed by atoms with Gasteiger partial charge >= 0.3 is 5.97 Å². The van der Waals surface area contributed by atoms with Gasteiger partial charge in [0.15, 0.2) is 0 Å². The van der Waals surface area contributed by atoms with Gasteiger partial charge in [0.05, 0.1) is 12.5 Å². The Hall–Kier alpha value is -1.36. The maximum atomic E-state index is 10.5. The number of aromatic amines is 1. The van der Waals surface area contributed by atoms with Crippen molar-refractivity contribution in [3.63, 3.8) is 0 Å². The summed E-state index contributed by atoms with van der Waals surface area (Å²) in [7, 11) is 0. The highest BCUT2D eigenvalue weighted by Crippen LogP contribution is 2.35. The molecule has 0 saturated heterocycles. The largest absolute Gasteiger partial charge is 0.481 e. The van der Waals surface area contributed by atoms with Crippen molar-refractivity contribution in [2.24, 2.45) is 5.73 Å². The number of aromatic nitrogens is 2. The summed E-state index contributed by atoms with van der Waals surface area (Å²) in [6, 6.07) is -0.531. The lowest BCUT2D eigenvalue weighted by atomic mass is 9.83. The second kappa shape index (κ2) is 4.02. The lowest BCUT2D eigenvalue weighted by Crippen LogP contribution is -2.17. The highest BCUT2D eigenvalue weighted by Gasteiger charge is 2.22. The quantitative estimate of drug-likeness (QED) is 0.693. The summed E-state index contributed by atoms with van der Waals surface area (Å²) in [6.07, 6.45) is 5.34. The predicted octanol–water partition coefficient (Wildman–Crippen LogP) is 1.15. The average Bonchev–Trinajstić information content (AvgIpc) is 2.48. The van der Waals surface area contributed by atoms with Gasteiger partial charge in [-0.2, -0.15) is 0 Å². The Morgan fingerprint density at radius 3 is 3.00 bits per heavy atom. The number of carbonyl (C=O) groups is 1. The fourth-order valence-corrected chi connectivity index (χ4v) is 1.75. The van der Waals surface area contributed by atoms with E-state index in [1.807, 2.05) is 0 Å². The third-order valence-electron chi connectivity index (χ3n) is 2.91. The number of carboxylic acids is 1. The van der Waals surface area contributed by atoms with Crippen molar-refractivity contribution in [3.8, 4) is 0 Å². The highest BCUT2D eigenvalue weighted by molar-refractivity contribution is 5.67. The van der Waals surface area contributed by atoms with E-state index in [2.05, 4.69) is 9.97 Å². The molecule has 1 aliphatic rings. The number of nitrogens with zero attached hydrogens (tertiary/aromatic N) is 1. The van der Waals surface area contributed by atoms with E-state index in [9.17, 15) is 4.79 Å². The van der Waals surface area contributed by atoms with Crippen LogP contribution < -0.4 is 5.73 Å². The molecular weight excluding hydrogens is 194 g/mol. The van der Waals surface area contributed by atoms with Gasteiger partial charge < -0.3 is 15.8 Å². The van der Waals surface area contributed by atoms with Gasteiger partial charge in [-0.15, -0.1) is 0 Å². The van der Waals surface area contributed by atoms with E-state index in [4.69, 9.17) is 10.8 Å². The Morgan fingerprint density at radius 2 is 2.47 bits per heavy atom. The number of nitrogens with two attached hydrogens (primary N) is 1. The molecule has 1 fully saturated rings. The zero-order chi connectivity index (χ0) is 10.8. The van der Waals surface area contributed by atoms with E-state index >= 15 is 0 Å². The lowest BCUT2D eigenvalue weighted by molar-refractivity contribution is -0.137. The first-order chi connectivity index (χ1) is 7.16. The predicted molar refractivity (Wildman–Crippen MR) is 54.4 cm³/mol. The molecule has 0 spiro atoms. The van der Waals surface area contributed by atoms with Gasteiger partial charge in [-0.3, -0.25) is 4.79 Å². The first-order valence-corrected chi connectivity index (χ1v) is 5.19. The summed E-state index contributed by atoms with van der Waals surface area (Å²) in [5.41, 5.74) is 6.79. The number of hydrogen-bond acceptors (Lipinski definition) is 3. The topological polar surface area (TPSA) is 92.0 Å². The molecule has 4 N–H and O–H groups in total. The van der Waals surface area contributed by atoms with Crippen LogP contribution in [0, 0.1) is 0 Å². The summed E-state index contributed by atoms with van der Waals surface area (Å²) in [6.45, 7) is 0. The maximum Gasteiger partial charge on any atom is 0.305 e. The Kier molecular flexibility index (Phi) is 2.73. The summed E-state index contributed by atoms with van der Waals surface area (Å²) < 4.78 is 0. The minimum absolute atomic E-state index is 0.0857. The van der Waals surface area contributed by atoms with E-state index in [1.54, 1.807) is 6.20 Å². The number of H-pyrrole nitrogens is 1. The number of rotatable bonds is 4. The van der Waals surface area contributed by atoms with Crippen LogP contribution in [0.5, 0.6) is 0 Å². The van der Waals surface area contributed by atoms with Crippen LogP contribution in [-0.2, 0) is 4.79 Å². The molecule has 5 heteroatoms. The van der Waals surface area contributed by atoms with Crippen LogP contribution in [0.1, 0.15) is 49.2 Å². The van der Waals surface area contributed by atoms with Gasteiger partial charge in [-0.05, 0) is 12.8 Å². The molecule has 0 bridgehead atoms. The van der Waals surface area contributed by atoms with Crippen molar-refractivity contribution >= 4 is 5.97 Å². The standard InChI is InChI=1S/C10H15N3O2/c11-7(4-9(14)15)10-12-5-8(13-10)6-2-1-3-6/h5-7H,1-4,11H2,(H,12,13)(H,14,15). The fraction of sp³-hybridized carbons (Fsp3) is 0.600. The van der Waals surface area contributed by atoms with Crippen LogP contribution in [0.4, 0.5) is 0 Å². The fourth-order valence-electron chi connectivity index (χ4n) is 1.75. The first kappa shape index (κ1) is 10.2. The number of imidazole rings is 1. The number of nitrogens with one attached hydrogen (secondary N) is 1. The smallest absolute Gasteiger partial charge is 0.305 e. The highest BCUT2D eigenvalue weighted by atomic mass is 16.4. The van der Waals surface area contributed by atoms with Crippen molar-refractivity contribution in [1.82, 2.24) is 9.97 Å². The molecular formula is C10H15N3O2. The number of carboxylic acid groups (broad SMARTS) is 1. The second-order valence-electron chi connectivity index (χ2n) is 4.06. The normalized spacial score (nSPS) is 18.5. The SMILES string of the molecule is NC(CC(=O)O)c1ncc(C2CCC2)[nH]1. The summed E-state index contributed by atoms with van der Waals surface area (Å²) >= 11 is 0. The van der Waals surface area contributed by atoms with Crippen molar-refractivity contribution in [1.29, 1.82) is 0 Å². The van der Waals surface area contributed by atoms with E-state index in [1.165, 1.54) is 19.3 Å². The molecule has 1 heterocycles. The van der Waals surface area contributed by atoms with Gasteiger partial charge in [-0.25, -0.2) is 4.98 Å². The molecule has 0 amide bonds. The average molecular weight is 209 g/mol. The molecule has 0 aliphatic heterocycles. The monoisotopic (exact) mass is 209 g/mol. The summed E-state index contributed by atoms with van der Waals surface area (Å²) in [4.78, 5) is 17.7. The molecule has 15 heavy (non-hydrogen) atoms. The maximum absolute atomic E-state index is 10.5. The molecule has 1 unspecified atom stereocenters. The van der Waals surface area contributed by atoms with E-state index < -0.39 is 12.0 Å². The second-order valence-corrected chi connectivity index (χ2v) is 4.06. The van der Waals surface area contributed by atoms with Crippen molar-refractivity contribution < 1.29 is 9.90 Å². The molecule has 2 rings (SSSR count). The van der Waals surface area contributed by atoms with Gasteiger partial charge in [0.1, 0.15) is 5.82 Å². The van der Waals surface area contributed by atoms with Crippen LogP contribution in [0.15, 0.2) is 6.20 Å².